The lowest BCUT2D eigenvalue weighted by atomic mass is 10.1. The third-order valence-electron chi connectivity index (χ3n) is 6.50. The fourth-order valence-corrected chi connectivity index (χ4v) is 4.08. The second kappa shape index (κ2) is 17.7. The van der Waals surface area contributed by atoms with Crippen LogP contribution in [0.3, 0.4) is 0 Å². The van der Waals surface area contributed by atoms with Crippen molar-refractivity contribution in [1.82, 2.24) is 0 Å². The van der Waals surface area contributed by atoms with Gasteiger partial charge in [0.25, 0.3) is 0 Å². The van der Waals surface area contributed by atoms with Crippen LogP contribution in [0.5, 0.6) is 23.0 Å². The van der Waals surface area contributed by atoms with E-state index >= 15 is 0 Å². The maximum Gasteiger partial charge on any atom is 0.159 e. The van der Waals surface area contributed by atoms with Crippen LogP contribution >= 0.6 is 0 Å². The van der Waals surface area contributed by atoms with Gasteiger partial charge in [-0.2, -0.15) is 0 Å². The van der Waals surface area contributed by atoms with Crippen molar-refractivity contribution in [2.24, 2.45) is 0 Å². The van der Waals surface area contributed by atoms with Gasteiger partial charge in [0.2, 0.25) is 0 Å². The van der Waals surface area contributed by atoms with Gasteiger partial charge in [-0.15, -0.1) is 0 Å². The second-order valence-corrected chi connectivity index (χ2v) is 9.85. The lowest BCUT2D eigenvalue weighted by Gasteiger charge is -2.09. The molecule has 0 aliphatic heterocycles. The third kappa shape index (κ3) is 11.9. The van der Waals surface area contributed by atoms with E-state index in [1.807, 2.05) is 48.5 Å². The summed E-state index contributed by atoms with van der Waals surface area (Å²) in [4.78, 5) is 22.6. The minimum absolute atomic E-state index is 0.0651. The van der Waals surface area contributed by atoms with Crippen molar-refractivity contribution in [3.05, 3.63) is 83.9 Å². The minimum atomic E-state index is 0.0651. The molecule has 0 aromatic heterocycles. The zero-order valence-electron chi connectivity index (χ0n) is 23.9. The molecule has 0 amide bonds. The monoisotopic (exact) mass is 546 g/mol. The van der Waals surface area contributed by atoms with Gasteiger partial charge in [-0.05, 0) is 138 Å². The Hall–Kier alpha value is -3.80. The predicted octanol–water partition coefficient (Wildman–Crippen LogP) is 8.13. The van der Waals surface area contributed by atoms with E-state index in [9.17, 15) is 9.59 Å². The molecule has 0 bridgehead atoms. The molecule has 0 N–H and O–H groups in total. The average Bonchev–Trinajstić information content (AvgIpc) is 2.97. The first kappa shape index (κ1) is 30.7. The van der Waals surface area contributed by atoms with Crippen LogP contribution in [-0.2, 0) is 0 Å². The number of Topliss-reactive ketones (excluding diaryl/α,β-unsaturated/α-hetero) is 2. The largest absolute Gasteiger partial charge is 0.494 e. The number of carbonyl (C=O) groups is 2. The van der Waals surface area contributed by atoms with Gasteiger partial charge in [-0.1, -0.05) is 0 Å². The fourth-order valence-electron chi connectivity index (χ4n) is 4.08. The first-order valence-corrected chi connectivity index (χ1v) is 14.3. The lowest BCUT2D eigenvalue weighted by molar-refractivity contribution is 0.100. The van der Waals surface area contributed by atoms with Crippen LogP contribution in [-0.4, -0.2) is 38.0 Å². The molecule has 3 aromatic carbocycles. The van der Waals surface area contributed by atoms with Gasteiger partial charge in [-0.25, -0.2) is 0 Å². The smallest absolute Gasteiger partial charge is 0.159 e. The SMILES string of the molecule is CC(=O)c1ccc(OCCCCCCOc2ccc(OCCCCCCOc3ccc(C(C)=O)cc3)cc2)cc1. The van der Waals surface area contributed by atoms with Crippen molar-refractivity contribution in [3.8, 4) is 23.0 Å². The highest BCUT2D eigenvalue weighted by molar-refractivity contribution is 5.94. The molecule has 3 aromatic rings. The summed E-state index contributed by atoms with van der Waals surface area (Å²) in [7, 11) is 0. The Morgan fingerprint density at radius 2 is 0.625 bits per heavy atom. The number of hydrogen-bond donors (Lipinski definition) is 0. The summed E-state index contributed by atoms with van der Waals surface area (Å²) in [6.07, 6.45) is 8.35. The molecule has 6 nitrogen and oxygen atoms in total. The summed E-state index contributed by atoms with van der Waals surface area (Å²) >= 11 is 0. The van der Waals surface area contributed by atoms with Crippen molar-refractivity contribution in [3.63, 3.8) is 0 Å². The van der Waals surface area contributed by atoms with E-state index in [2.05, 4.69) is 0 Å². The summed E-state index contributed by atoms with van der Waals surface area (Å²) in [5.74, 6) is 3.46. The Kier molecular flexibility index (Phi) is 13.6. The molecule has 0 fully saturated rings. The van der Waals surface area contributed by atoms with Crippen molar-refractivity contribution in [2.45, 2.75) is 65.2 Å². The van der Waals surface area contributed by atoms with E-state index in [0.717, 1.165) is 74.4 Å². The first-order chi connectivity index (χ1) is 19.5. The van der Waals surface area contributed by atoms with Crippen LogP contribution in [0.1, 0.15) is 85.9 Å². The zero-order chi connectivity index (χ0) is 28.4. The van der Waals surface area contributed by atoms with Gasteiger partial charge in [0.15, 0.2) is 11.6 Å². The molecule has 214 valence electrons. The summed E-state index contributed by atoms with van der Waals surface area (Å²) in [5, 5.41) is 0. The molecule has 3 rings (SSSR count). The number of rotatable bonds is 20. The number of ketones is 2. The highest BCUT2D eigenvalue weighted by Gasteiger charge is 2.02. The van der Waals surface area contributed by atoms with Crippen LogP contribution in [0.2, 0.25) is 0 Å². The van der Waals surface area contributed by atoms with E-state index in [1.165, 1.54) is 0 Å². The molecule has 0 aliphatic rings. The van der Waals surface area contributed by atoms with Crippen molar-refractivity contribution < 1.29 is 28.5 Å². The zero-order valence-corrected chi connectivity index (χ0v) is 23.9. The molecule has 0 atom stereocenters. The van der Waals surface area contributed by atoms with Gasteiger partial charge in [0.1, 0.15) is 23.0 Å². The summed E-state index contributed by atoms with van der Waals surface area (Å²) < 4.78 is 23.2. The molecule has 6 heteroatoms. The highest BCUT2D eigenvalue weighted by Crippen LogP contribution is 2.19. The number of benzene rings is 3. The summed E-state index contributed by atoms with van der Waals surface area (Å²) in [6, 6.07) is 22.4. The van der Waals surface area contributed by atoms with Gasteiger partial charge < -0.3 is 18.9 Å². The highest BCUT2D eigenvalue weighted by atomic mass is 16.5. The van der Waals surface area contributed by atoms with E-state index in [0.29, 0.717) is 37.6 Å². The Balaban J connectivity index is 1.13. The van der Waals surface area contributed by atoms with Crippen molar-refractivity contribution in [2.75, 3.05) is 26.4 Å². The first-order valence-electron chi connectivity index (χ1n) is 14.3. The van der Waals surface area contributed by atoms with E-state index in [4.69, 9.17) is 18.9 Å². The minimum Gasteiger partial charge on any atom is -0.494 e. The standard InChI is InChI=1S/C34H42O6/c1-27(35)29-11-15-31(16-12-29)37-23-7-3-5-9-25-39-33-19-21-34(22-20-33)40-26-10-6-4-8-24-38-32-17-13-30(14-18-32)28(2)36/h11-22H,3-10,23-26H2,1-2H3. The molecular weight excluding hydrogens is 504 g/mol. The molecule has 0 radical (unpaired) electrons. The number of hydrogen-bond acceptors (Lipinski definition) is 6. The van der Waals surface area contributed by atoms with Gasteiger partial charge in [0.05, 0.1) is 26.4 Å². The molecule has 0 heterocycles. The Morgan fingerprint density at radius 3 is 0.850 bits per heavy atom. The van der Waals surface area contributed by atoms with Crippen molar-refractivity contribution in [1.29, 1.82) is 0 Å². The molecule has 0 saturated heterocycles. The molecule has 0 spiro atoms. The normalized spacial score (nSPS) is 10.7. The molecule has 0 unspecified atom stereocenters. The molecular formula is C34H42O6. The van der Waals surface area contributed by atoms with Gasteiger partial charge in [-0.3, -0.25) is 9.59 Å². The Morgan fingerprint density at radius 1 is 0.400 bits per heavy atom. The lowest BCUT2D eigenvalue weighted by Crippen LogP contribution is -2.01. The predicted molar refractivity (Wildman–Crippen MR) is 158 cm³/mol. The van der Waals surface area contributed by atoms with E-state index in [1.54, 1.807) is 38.1 Å². The van der Waals surface area contributed by atoms with E-state index < -0.39 is 0 Å². The maximum absolute atomic E-state index is 11.3. The van der Waals surface area contributed by atoms with Crippen LogP contribution < -0.4 is 18.9 Å². The van der Waals surface area contributed by atoms with Crippen LogP contribution in [0.15, 0.2) is 72.8 Å². The number of unbranched alkanes of at least 4 members (excludes halogenated alkanes) is 6. The maximum atomic E-state index is 11.3. The topological polar surface area (TPSA) is 71.1 Å². The molecule has 0 aliphatic carbocycles. The van der Waals surface area contributed by atoms with E-state index in [-0.39, 0.29) is 11.6 Å². The number of ether oxygens (including phenoxy) is 4. The fraction of sp³-hybridized carbons (Fsp3) is 0.412. The second-order valence-electron chi connectivity index (χ2n) is 9.85. The summed E-state index contributed by atoms with van der Waals surface area (Å²) in [6.45, 7) is 5.87. The van der Waals surface area contributed by atoms with Gasteiger partial charge >= 0.3 is 0 Å². The van der Waals surface area contributed by atoms with Crippen LogP contribution in [0, 0.1) is 0 Å². The molecule has 0 saturated carbocycles. The Bertz CT molecular complexity index is 1040. The van der Waals surface area contributed by atoms with Crippen molar-refractivity contribution >= 4 is 11.6 Å². The quantitative estimate of drug-likeness (QED) is 0.105. The van der Waals surface area contributed by atoms with Gasteiger partial charge in [0, 0.05) is 11.1 Å². The van der Waals surface area contributed by atoms with Crippen LogP contribution in [0.4, 0.5) is 0 Å². The Labute approximate surface area is 238 Å². The van der Waals surface area contributed by atoms with Crippen LogP contribution in [0.25, 0.3) is 0 Å². The number of carbonyl (C=O) groups excluding carboxylic acids is 2. The average molecular weight is 547 g/mol. The summed E-state index contributed by atoms with van der Waals surface area (Å²) in [5.41, 5.74) is 1.41. The third-order valence-corrected chi connectivity index (χ3v) is 6.50. The molecule has 40 heavy (non-hydrogen) atoms.